The van der Waals surface area contributed by atoms with Crippen LogP contribution in [-0.2, 0) is 0 Å². The third kappa shape index (κ3) is 4.17. The molecule has 31 heavy (non-hydrogen) atoms. The number of benzene rings is 3. The van der Waals surface area contributed by atoms with Crippen LogP contribution in [0.5, 0.6) is 0 Å². The van der Waals surface area contributed by atoms with Crippen molar-refractivity contribution in [2.75, 3.05) is 0 Å². The monoisotopic (exact) mass is 429 g/mol. The normalized spacial score (nSPS) is 11.1. The highest BCUT2D eigenvalue weighted by molar-refractivity contribution is 6.31. The second-order valence-electron chi connectivity index (χ2n) is 6.88. The molecule has 6 heteroatoms. The summed E-state index contributed by atoms with van der Waals surface area (Å²) in [6, 6.07) is 20.4. The van der Waals surface area contributed by atoms with Crippen LogP contribution in [0.15, 0.2) is 83.7 Å². The fourth-order valence-electron chi connectivity index (χ4n) is 3.40. The Kier molecular flexibility index (Phi) is 5.52. The summed E-state index contributed by atoms with van der Waals surface area (Å²) in [6.07, 6.45) is 2.85. The van der Waals surface area contributed by atoms with Gasteiger partial charge in [0.15, 0.2) is 5.78 Å². The minimum atomic E-state index is -1.03. The molecule has 152 valence electrons. The number of aromatic nitrogens is 1. The Balaban J connectivity index is 1.84. The van der Waals surface area contributed by atoms with Gasteiger partial charge in [-0.2, -0.15) is 0 Å². The van der Waals surface area contributed by atoms with Crippen molar-refractivity contribution in [3.8, 4) is 11.1 Å². The summed E-state index contributed by atoms with van der Waals surface area (Å²) in [5, 5.41) is 10.2. The first-order valence-electron chi connectivity index (χ1n) is 9.41. The molecule has 4 aromatic rings. The largest absolute Gasteiger partial charge is 0.478 e. The van der Waals surface area contributed by atoms with Crippen molar-refractivity contribution < 1.29 is 14.7 Å². The van der Waals surface area contributed by atoms with Crippen molar-refractivity contribution in [2.45, 2.75) is 0 Å². The van der Waals surface area contributed by atoms with Crippen LogP contribution < -0.4 is 5.56 Å². The number of carboxylic acid groups (broad SMARTS) is 1. The average Bonchev–Trinajstić information content (AvgIpc) is 2.77. The molecule has 5 nitrogen and oxygen atoms in total. The Morgan fingerprint density at radius 3 is 2.32 bits per heavy atom. The van der Waals surface area contributed by atoms with E-state index in [-0.39, 0.29) is 11.1 Å². The van der Waals surface area contributed by atoms with Gasteiger partial charge in [-0.3, -0.25) is 9.59 Å². The first kappa shape index (κ1) is 20.3. The van der Waals surface area contributed by atoms with Gasteiger partial charge in [-0.1, -0.05) is 60.1 Å². The fourth-order valence-corrected chi connectivity index (χ4v) is 3.57. The highest BCUT2D eigenvalue weighted by atomic mass is 35.5. The number of H-pyrrole nitrogens is 1. The number of hydrogen-bond donors (Lipinski definition) is 2. The minimum Gasteiger partial charge on any atom is -0.478 e. The minimum absolute atomic E-state index is 0.0133. The van der Waals surface area contributed by atoms with Crippen LogP contribution in [0.3, 0.4) is 0 Å². The zero-order chi connectivity index (χ0) is 22.0. The van der Waals surface area contributed by atoms with Gasteiger partial charge in [0.05, 0.1) is 11.1 Å². The molecule has 0 aliphatic heterocycles. The standard InChI is InChI=1S/C25H16ClNO4/c26-18-11-12-20-19(14-18)22(16-4-2-1-3-5-16)23(24(29)27-20)21(28)13-8-15-6-9-17(10-7-15)25(30)31/h1-14H,(H,27,29)(H,30,31). The molecule has 0 aliphatic carbocycles. The van der Waals surface area contributed by atoms with E-state index in [4.69, 9.17) is 16.7 Å². The first-order valence-corrected chi connectivity index (χ1v) is 9.78. The number of carboxylic acids is 1. The van der Waals surface area contributed by atoms with Gasteiger partial charge >= 0.3 is 5.97 Å². The van der Waals surface area contributed by atoms with E-state index in [2.05, 4.69) is 4.98 Å². The van der Waals surface area contributed by atoms with Crippen molar-refractivity contribution >= 4 is 40.3 Å². The third-order valence-corrected chi connectivity index (χ3v) is 5.10. The Bertz CT molecular complexity index is 1390. The SMILES string of the molecule is O=C(O)c1ccc(C=CC(=O)c2c(-c3ccccc3)c3cc(Cl)ccc3[nH]c2=O)cc1. The highest BCUT2D eigenvalue weighted by Crippen LogP contribution is 2.31. The number of rotatable bonds is 5. The zero-order valence-corrected chi connectivity index (χ0v) is 16.9. The Morgan fingerprint density at radius 1 is 0.935 bits per heavy atom. The van der Waals surface area contributed by atoms with E-state index < -0.39 is 17.3 Å². The molecule has 0 unspecified atom stereocenters. The third-order valence-electron chi connectivity index (χ3n) is 4.87. The molecule has 1 heterocycles. The fraction of sp³-hybridized carbons (Fsp3) is 0. The number of nitrogens with one attached hydrogen (secondary N) is 1. The molecule has 3 aromatic carbocycles. The Hall–Kier alpha value is -3.96. The van der Waals surface area contributed by atoms with Gasteiger partial charge < -0.3 is 10.1 Å². The predicted molar refractivity (Wildman–Crippen MR) is 122 cm³/mol. The van der Waals surface area contributed by atoms with E-state index in [9.17, 15) is 14.4 Å². The van der Waals surface area contributed by atoms with Gasteiger partial charge in [-0.25, -0.2) is 4.79 Å². The Labute approximate surface area is 182 Å². The highest BCUT2D eigenvalue weighted by Gasteiger charge is 2.19. The van der Waals surface area contributed by atoms with Crippen molar-refractivity contribution in [2.24, 2.45) is 0 Å². The lowest BCUT2D eigenvalue weighted by Gasteiger charge is -2.11. The number of allylic oxidation sites excluding steroid dienone is 1. The number of halogens is 1. The number of carbonyl (C=O) groups is 2. The van der Waals surface area contributed by atoms with E-state index >= 15 is 0 Å². The maximum absolute atomic E-state index is 13.1. The van der Waals surface area contributed by atoms with Gasteiger partial charge in [0.1, 0.15) is 0 Å². The quantitative estimate of drug-likeness (QED) is 0.326. The van der Waals surface area contributed by atoms with Crippen molar-refractivity contribution in [3.63, 3.8) is 0 Å². The van der Waals surface area contributed by atoms with E-state index in [0.717, 1.165) is 5.56 Å². The topological polar surface area (TPSA) is 87.2 Å². The molecule has 0 saturated heterocycles. The molecule has 4 rings (SSSR count). The van der Waals surface area contributed by atoms with Crippen LogP contribution in [0.2, 0.25) is 5.02 Å². The first-order chi connectivity index (χ1) is 14.9. The molecular weight excluding hydrogens is 414 g/mol. The van der Waals surface area contributed by atoms with E-state index in [0.29, 0.717) is 27.1 Å². The van der Waals surface area contributed by atoms with Gasteiger partial charge in [-0.15, -0.1) is 0 Å². The lowest BCUT2D eigenvalue weighted by atomic mass is 9.94. The van der Waals surface area contributed by atoms with E-state index in [1.54, 1.807) is 36.4 Å². The smallest absolute Gasteiger partial charge is 0.335 e. The lowest BCUT2D eigenvalue weighted by molar-refractivity contribution is 0.0696. The summed E-state index contributed by atoms with van der Waals surface area (Å²) in [4.78, 5) is 39.7. The zero-order valence-electron chi connectivity index (χ0n) is 16.1. The molecule has 0 atom stereocenters. The second kappa shape index (κ2) is 8.42. The number of aromatic amines is 1. The van der Waals surface area contributed by atoms with Gasteiger partial charge in [-0.05, 0) is 47.5 Å². The molecule has 0 spiro atoms. The molecule has 1 aromatic heterocycles. The van der Waals surface area contributed by atoms with Crippen LogP contribution in [0.1, 0.15) is 26.3 Å². The maximum Gasteiger partial charge on any atom is 0.335 e. The maximum atomic E-state index is 13.1. The summed E-state index contributed by atoms with van der Waals surface area (Å²) in [5.74, 6) is -1.50. The summed E-state index contributed by atoms with van der Waals surface area (Å²) in [7, 11) is 0. The number of aromatic carboxylic acids is 1. The number of carbonyl (C=O) groups excluding carboxylic acids is 1. The lowest BCUT2D eigenvalue weighted by Crippen LogP contribution is -2.18. The average molecular weight is 430 g/mol. The molecular formula is C25H16ClNO4. The van der Waals surface area contributed by atoms with E-state index in [1.807, 2.05) is 30.3 Å². The summed E-state index contributed by atoms with van der Waals surface area (Å²) >= 11 is 6.19. The summed E-state index contributed by atoms with van der Waals surface area (Å²) < 4.78 is 0. The van der Waals surface area contributed by atoms with Gasteiger partial charge in [0.2, 0.25) is 0 Å². The van der Waals surface area contributed by atoms with Gasteiger partial charge in [0, 0.05) is 21.5 Å². The van der Waals surface area contributed by atoms with Crippen LogP contribution in [-0.4, -0.2) is 21.8 Å². The molecule has 0 bridgehead atoms. The van der Waals surface area contributed by atoms with Crippen molar-refractivity contribution in [3.05, 3.63) is 111 Å². The van der Waals surface area contributed by atoms with Gasteiger partial charge in [0.25, 0.3) is 5.56 Å². The van der Waals surface area contributed by atoms with E-state index in [1.165, 1.54) is 18.2 Å². The van der Waals surface area contributed by atoms with Crippen LogP contribution >= 0.6 is 11.6 Å². The molecule has 0 saturated carbocycles. The van der Waals surface area contributed by atoms with Crippen molar-refractivity contribution in [1.82, 2.24) is 4.98 Å². The second-order valence-corrected chi connectivity index (χ2v) is 7.32. The molecule has 0 aliphatic rings. The molecule has 0 amide bonds. The number of ketones is 1. The number of fused-ring (bicyclic) bond motifs is 1. The molecule has 0 fully saturated rings. The number of hydrogen-bond acceptors (Lipinski definition) is 3. The Morgan fingerprint density at radius 2 is 1.65 bits per heavy atom. The summed E-state index contributed by atoms with van der Waals surface area (Å²) in [5.41, 5.74) is 2.13. The van der Waals surface area contributed by atoms with Crippen LogP contribution in [0.25, 0.3) is 28.1 Å². The predicted octanol–water partition coefficient (Wildman–Crippen LogP) is 5.44. The van der Waals surface area contributed by atoms with Crippen LogP contribution in [0.4, 0.5) is 0 Å². The molecule has 0 radical (unpaired) electrons. The summed E-state index contributed by atoms with van der Waals surface area (Å²) in [6.45, 7) is 0. The number of pyridine rings is 1. The van der Waals surface area contributed by atoms with Crippen LogP contribution in [0, 0.1) is 0 Å². The van der Waals surface area contributed by atoms with Crippen molar-refractivity contribution in [1.29, 1.82) is 0 Å². The molecule has 2 N–H and O–H groups in total.